The van der Waals surface area contributed by atoms with E-state index in [4.69, 9.17) is 4.98 Å². The zero-order valence-electron chi connectivity index (χ0n) is 16.1. The van der Waals surface area contributed by atoms with Crippen LogP contribution in [0.1, 0.15) is 37.6 Å². The Balaban J connectivity index is 1.45. The number of carbonyl (C=O) groups excluding carboxylic acids is 3. The second-order valence-corrected chi connectivity index (χ2v) is 8.96. The minimum Gasteiger partial charge on any atom is -0.285 e. The van der Waals surface area contributed by atoms with Crippen molar-refractivity contribution in [1.29, 1.82) is 0 Å². The number of rotatable bonds is 5. The van der Waals surface area contributed by atoms with Gasteiger partial charge >= 0.3 is 17.8 Å². The average molecular weight is 401 g/mol. The van der Waals surface area contributed by atoms with Crippen molar-refractivity contribution in [3.8, 4) is 0 Å². The number of piperidine rings is 1. The van der Waals surface area contributed by atoms with Crippen molar-refractivity contribution in [2.75, 3.05) is 26.3 Å². The van der Waals surface area contributed by atoms with E-state index in [0.29, 0.717) is 0 Å². The first kappa shape index (κ1) is 19.0. The number of hydrogen-bond acceptors (Lipinski definition) is 6. The van der Waals surface area contributed by atoms with E-state index < -0.39 is 17.8 Å². The first-order valence-electron chi connectivity index (χ1n) is 9.69. The van der Waals surface area contributed by atoms with Gasteiger partial charge in [0.2, 0.25) is 0 Å². The monoisotopic (exact) mass is 400 g/mol. The molecule has 2 fully saturated rings. The van der Waals surface area contributed by atoms with Crippen LogP contribution in [-0.2, 0) is 9.59 Å². The summed E-state index contributed by atoms with van der Waals surface area (Å²) in [6, 6.07) is 7.61. The van der Waals surface area contributed by atoms with Crippen molar-refractivity contribution in [3.05, 3.63) is 29.3 Å². The normalized spacial score (nSPS) is 21.5. The molecule has 4 amide bonds. The first-order chi connectivity index (χ1) is 13.4. The fraction of sp³-hybridized carbons (Fsp3) is 0.500. The minimum absolute atomic E-state index is 0.124. The molecule has 8 heteroatoms. The highest BCUT2D eigenvalue weighted by atomic mass is 32.1. The van der Waals surface area contributed by atoms with Crippen LogP contribution >= 0.6 is 11.3 Å². The zero-order chi connectivity index (χ0) is 19.8. The van der Waals surface area contributed by atoms with Crippen LogP contribution in [0.15, 0.2) is 24.3 Å². The van der Waals surface area contributed by atoms with Crippen molar-refractivity contribution < 1.29 is 14.4 Å². The van der Waals surface area contributed by atoms with Crippen molar-refractivity contribution in [3.63, 3.8) is 0 Å². The number of para-hydroxylation sites is 1. The Labute approximate surface area is 167 Å². The molecular weight excluding hydrogens is 376 g/mol. The lowest BCUT2D eigenvalue weighted by Crippen LogP contribution is -2.45. The molecule has 2 saturated heterocycles. The number of nitrogens with zero attached hydrogens (tertiary/aromatic N) is 4. The van der Waals surface area contributed by atoms with E-state index in [0.717, 1.165) is 46.3 Å². The molecule has 0 radical (unpaired) electrons. The van der Waals surface area contributed by atoms with Crippen molar-refractivity contribution in [2.24, 2.45) is 5.92 Å². The second-order valence-electron chi connectivity index (χ2n) is 7.90. The second kappa shape index (κ2) is 7.60. The van der Waals surface area contributed by atoms with Gasteiger partial charge in [-0.05, 0) is 37.4 Å². The summed E-state index contributed by atoms with van der Waals surface area (Å²) < 4.78 is 1.18. The summed E-state index contributed by atoms with van der Waals surface area (Å²) in [6.45, 7) is 5.81. The summed E-state index contributed by atoms with van der Waals surface area (Å²) in [5.41, 5.74) is 1.01. The van der Waals surface area contributed by atoms with Crippen LogP contribution < -0.4 is 0 Å². The lowest BCUT2D eigenvalue weighted by Gasteiger charge is -2.33. The van der Waals surface area contributed by atoms with E-state index >= 15 is 0 Å². The third kappa shape index (κ3) is 3.54. The Morgan fingerprint density at radius 2 is 1.89 bits per heavy atom. The lowest BCUT2D eigenvalue weighted by atomic mass is 9.99. The summed E-state index contributed by atoms with van der Waals surface area (Å²) in [5, 5.41) is 1.10. The van der Waals surface area contributed by atoms with Gasteiger partial charge in [0.1, 0.15) is 0 Å². The molecule has 1 aromatic carbocycles. The van der Waals surface area contributed by atoms with E-state index in [2.05, 4.69) is 11.0 Å². The van der Waals surface area contributed by atoms with Gasteiger partial charge in [-0.15, -0.1) is 11.3 Å². The summed E-state index contributed by atoms with van der Waals surface area (Å²) in [6.07, 6.45) is 2.01. The fourth-order valence-electron chi connectivity index (χ4n) is 3.85. The molecule has 1 aromatic heterocycles. The summed E-state index contributed by atoms with van der Waals surface area (Å²) in [4.78, 5) is 46.1. The van der Waals surface area contributed by atoms with Gasteiger partial charge in [-0.2, -0.15) is 0 Å². The maximum Gasteiger partial charge on any atom is 0.335 e. The van der Waals surface area contributed by atoms with Gasteiger partial charge in [0.25, 0.3) is 0 Å². The Morgan fingerprint density at radius 3 is 2.64 bits per heavy atom. The molecule has 3 heterocycles. The van der Waals surface area contributed by atoms with Gasteiger partial charge in [0.05, 0.1) is 21.9 Å². The highest BCUT2D eigenvalue weighted by Crippen LogP contribution is 2.33. The predicted octanol–water partition coefficient (Wildman–Crippen LogP) is 2.88. The number of benzene rings is 1. The van der Waals surface area contributed by atoms with Gasteiger partial charge in [0, 0.05) is 19.0 Å². The number of aromatic nitrogens is 1. The van der Waals surface area contributed by atoms with Crippen LogP contribution in [0.3, 0.4) is 0 Å². The predicted molar refractivity (Wildman–Crippen MR) is 107 cm³/mol. The topological polar surface area (TPSA) is 73.8 Å². The molecule has 148 valence electrons. The number of urea groups is 1. The minimum atomic E-state index is -0.715. The quantitative estimate of drug-likeness (QED) is 0.570. The zero-order valence-corrected chi connectivity index (χ0v) is 16.9. The molecule has 4 rings (SSSR count). The van der Waals surface area contributed by atoms with Gasteiger partial charge in [-0.3, -0.25) is 19.4 Å². The van der Waals surface area contributed by atoms with E-state index in [1.165, 1.54) is 4.70 Å². The Morgan fingerprint density at radius 1 is 1.14 bits per heavy atom. The highest BCUT2D eigenvalue weighted by molar-refractivity contribution is 7.18. The molecule has 7 nitrogen and oxygen atoms in total. The molecular formula is C20H24N4O3S. The summed E-state index contributed by atoms with van der Waals surface area (Å²) in [5.74, 6) is -1.02. The molecule has 0 aliphatic carbocycles. The van der Waals surface area contributed by atoms with Crippen LogP contribution in [-0.4, -0.2) is 63.8 Å². The number of fused-ring (bicyclic) bond motifs is 1. The number of hydrogen-bond donors (Lipinski definition) is 0. The Kier molecular flexibility index (Phi) is 5.16. The third-order valence-corrected chi connectivity index (χ3v) is 6.39. The smallest absolute Gasteiger partial charge is 0.285 e. The molecule has 2 aliphatic rings. The average Bonchev–Trinajstić information content (AvgIpc) is 3.20. The molecule has 2 aliphatic heterocycles. The van der Waals surface area contributed by atoms with Crippen LogP contribution in [0.2, 0.25) is 0 Å². The fourth-order valence-corrected chi connectivity index (χ4v) is 4.94. The number of likely N-dealkylation sites (tertiary alicyclic amines) is 1. The SMILES string of the molecule is CC(C)CN1C(=O)C(=O)N(CN2CCC[C@H](c3nc4ccccc4s3)C2)C1=O. The highest BCUT2D eigenvalue weighted by Gasteiger charge is 2.45. The van der Waals surface area contributed by atoms with Gasteiger partial charge in [-0.25, -0.2) is 14.7 Å². The van der Waals surface area contributed by atoms with Crippen molar-refractivity contribution >= 4 is 39.4 Å². The van der Waals surface area contributed by atoms with Crippen molar-refractivity contribution in [2.45, 2.75) is 32.6 Å². The van der Waals surface area contributed by atoms with E-state index in [-0.39, 0.29) is 25.0 Å². The maximum atomic E-state index is 12.6. The molecule has 0 spiro atoms. The molecule has 0 unspecified atom stereocenters. The molecule has 0 N–H and O–H groups in total. The first-order valence-corrected chi connectivity index (χ1v) is 10.5. The van der Waals surface area contributed by atoms with E-state index in [1.807, 2.05) is 32.0 Å². The lowest BCUT2D eigenvalue weighted by molar-refractivity contribution is -0.144. The number of carbonyl (C=O) groups is 3. The molecule has 0 saturated carbocycles. The van der Waals surface area contributed by atoms with Gasteiger partial charge < -0.3 is 0 Å². The van der Waals surface area contributed by atoms with Crippen LogP contribution in [0.25, 0.3) is 10.2 Å². The van der Waals surface area contributed by atoms with E-state index in [1.54, 1.807) is 11.3 Å². The Bertz CT molecular complexity index is 892. The summed E-state index contributed by atoms with van der Waals surface area (Å²) >= 11 is 1.71. The third-order valence-electron chi connectivity index (χ3n) is 5.19. The van der Waals surface area contributed by atoms with Crippen molar-refractivity contribution in [1.82, 2.24) is 19.7 Å². The van der Waals surface area contributed by atoms with Crippen LogP contribution in [0.4, 0.5) is 4.79 Å². The van der Waals surface area contributed by atoms with Crippen LogP contribution in [0.5, 0.6) is 0 Å². The molecule has 28 heavy (non-hydrogen) atoms. The standard InChI is InChI=1S/C20H24N4O3S/c1-13(2)10-23-18(25)19(26)24(20(23)27)12-22-9-5-6-14(11-22)17-21-15-7-3-4-8-16(15)28-17/h3-4,7-8,13-14H,5-6,9-12H2,1-2H3/t14-/m0/s1. The molecule has 1 atom stereocenters. The number of amides is 4. The van der Waals surface area contributed by atoms with Gasteiger partial charge in [-0.1, -0.05) is 26.0 Å². The Hall–Kier alpha value is -2.32. The maximum absolute atomic E-state index is 12.6. The van der Waals surface area contributed by atoms with Gasteiger partial charge in [0.15, 0.2) is 0 Å². The largest absolute Gasteiger partial charge is 0.335 e. The number of thiazole rings is 1. The number of imide groups is 2. The molecule has 2 aromatic rings. The van der Waals surface area contributed by atoms with Crippen LogP contribution in [0, 0.1) is 5.92 Å². The molecule has 0 bridgehead atoms. The summed E-state index contributed by atoms with van der Waals surface area (Å²) in [7, 11) is 0. The van der Waals surface area contributed by atoms with E-state index in [9.17, 15) is 14.4 Å².